The van der Waals surface area contributed by atoms with Crippen LogP contribution in [0.15, 0.2) is 0 Å². The molecule has 2 atom stereocenters. The maximum Gasteiger partial charge on any atom is 0.120 e. The Kier molecular flexibility index (Phi) is 3.67. The van der Waals surface area contributed by atoms with Gasteiger partial charge in [0, 0.05) is 13.1 Å². The predicted molar refractivity (Wildman–Crippen MR) is 53.1 cm³/mol. The van der Waals surface area contributed by atoms with Gasteiger partial charge in [0.25, 0.3) is 0 Å². The molecule has 0 radical (unpaired) electrons. The Morgan fingerprint density at radius 2 is 2.00 bits per heavy atom. The van der Waals surface area contributed by atoms with E-state index in [1.165, 1.54) is 0 Å². The molecular formula is C9H21N3O. The van der Waals surface area contributed by atoms with Crippen molar-refractivity contribution in [3.8, 4) is 0 Å². The molecule has 1 fully saturated rings. The summed E-state index contributed by atoms with van der Waals surface area (Å²) in [5.74, 6) is 0. The average molecular weight is 187 g/mol. The second-order valence-corrected chi connectivity index (χ2v) is 4.01. The molecule has 0 spiro atoms. The van der Waals surface area contributed by atoms with Crippen LogP contribution in [-0.4, -0.2) is 66.6 Å². The zero-order chi connectivity index (χ0) is 10.0. The zero-order valence-corrected chi connectivity index (χ0v) is 9.06. The van der Waals surface area contributed by atoms with E-state index in [0.717, 1.165) is 19.5 Å². The van der Waals surface area contributed by atoms with Crippen molar-refractivity contribution in [3.05, 3.63) is 0 Å². The van der Waals surface area contributed by atoms with Crippen molar-refractivity contribution >= 4 is 0 Å². The molecule has 1 N–H and O–H groups in total. The molecule has 4 heteroatoms. The highest BCUT2D eigenvalue weighted by atomic mass is 16.3. The van der Waals surface area contributed by atoms with Gasteiger partial charge in [-0.3, -0.25) is 9.80 Å². The van der Waals surface area contributed by atoms with Gasteiger partial charge < -0.3 is 5.11 Å². The fourth-order valence-corrected chi connectivity index (χ4v) is 2.06. The zero-order valence-electron chi connectivity index (χ0n) is 9.06. The Morgan fingerprint density at radius 3 is 2.38 bits per heavy atom. The van der Waals surface area contributed by atoms with Crippen molar-refractivity contribution in [1.29, 1.82) is 0 Å². The highest BCUT2D eigenvalue weighted by Crippen LogP contribution is 2.15. The molecule has 0 amide bonds. The molecule has 2 unspecified atom stereocenters. The van der Waals surface area contributed by atoms with E-state index in [1.54, 1.807) is 0 Å². The third-order valence-corrected chi connectivity index (χ3v) is 2.56. The van der Waals surface area contributed by atoms with Crippen molar-refractivity contribution in [1.82, 2.24) is 14.7 Å². The van der Waals surface area contributed by atoms with Gasteiger partial charge in [0.15, 0.2) is 0 Å². The molecule has 0 aromatic rings. The summed E-state index contributed by atoms with van der Waals surface area (Å²) in [6.07, 6.45) is 0.995. The average Bonchev–Trinajstić information content (AvgIpc) is 2.02. The molecule has 1 aliphatic heterocycles. The van der Waals surface area contributed by atoms with E-state index in [4.69, 9.17) is 0 Å². The van der Waals surface area contributed by atoms with Crippen LogP contribution in [0.4, 0.5) is 0 Å². The summed E-state index contributed by atoms with van der Waals surface area (Å²) in [6.45, 7) is 3.91. The molecule has 0 aromatic carbocycles. The SMILES string of the molecule is CC(O)N1CCCN(C)C1N(C)C. The number of hydrogen-bond donors (Lipinski definition) is 1. The first kappa shape index (κ1) is 10.9. The lowest BCUT2D eigenvalue weighted by Gasteiger charge is -2.46. The summed E-state index contributed by atoms with van der Waals surface area (Å²) >= 11 is 0. The smallest absolute Gasteiger partial charge is 0.120 e. The Labute approximate surface area is 80.7 Å². The lowest BCUT2D eigenvalue weighted by Crippen LogP contribution is -2.61. The van der Waals surface area contributed by atoms with Crippen molar-refractivity contribution in [2.45, 2.75) is 25.9 Å². The van der Waals surface area contributed by atoms with Crippen LogP contribution in [0.2, 0.25) is 0 Å². The quantitative estimate of drug-likeness (QED) is 0.649. The molecule has 0 bridgehead atoms. The van der Waals surface area contributed by atoms with Crippen LogP contribution in [-0.2, 0) is 0 Å². The molecule has 1 saturated heterocycles. The molecule has 4 nitrogen and oxygen atoms in total. The van der Waals surface area contributed by atoms with Gasteiger partial charge in [-0.05, 0) is 34.5 Å². The van der Waals surface area contributed by atoms with E-state index < -0.39 is 0 Å². The summed E-state index contributed by atoms with van der Waals surface area (Å²) in [7, 11) is 6.18. The fraction of sp³-hybridized carbons (Fsp3) is 1.00. The molecule has 1 rings (SSSR count). The molecule has 0 aromatic heterocycles. The molecule has 1 heterocycles. The van der Waals surface area contributed by atoms with Gasteiger partial charge in [-0.2, -0.15) is 0 Å². The predicted octanol–water partition coefficient (Wildman–Crippen LogP) is -0.193. The van der Waals surface area contributed by atoms with Gasteiger partial charge in [-0.1, -0.05) is 0 Å². The summed E-state index contributed by atoms with van der Waals surface area (Å²) in [6, 6.07) is 0. The molecule has 0 aliphatic carbocycles. The van der Waals surface area contributed by atoms with Crippen molar-refractivity contribution < 1.29 is 5.11 Å². The van der Waals surface area contributed by atoms with Gasteiger partial charge >= 0.3 is 0 Å². The first-order valence-corrected chi connectivity index (χ1v) is 4.84. The highest BCUT2D eigenvalue weighted by Gasteiger charge is 2.30. The van der Waals surface area contributed by atoms with Gasteiger partial charge in [-0.15, -0.1) is 0 Å². The minimum Gasteiger partial charge on any atom is -0.379 e. The van der Waals surface area contributed by atoms with Crippen molar-refractivity contribution in [2.24, 2.45) is 0 Å². The largest absolute Gasteiger partial charge is 0.379 e. The lowest BCUT2D eigenvalue weighted by atomic mass is 10.2. The summed E-state index contributed by atoms with van der Waals surface area (Å²) in [4.78, 5) is 6.49. The van der Waals surface area contributed by atoms with Crippen molar-refractivity contribution in [2.75, 3.05) is 34.2 Å². The standard InChI is InChI=1S/C9H21N3O/c1-8(13)12-7-5-6-11(4)9(12)10(2)3/h8-9,13H,5-7H2,1-4H3. The summed E-state index contributed by atoms with van der Waals surface area (Å²) in [5, 5.41) is 9.59. The van der Waals surface area contributed by atoms with E-state index in [0.29, 0.717) is 0 Å². The van der Waals surface area contributed by atoms with E-state index in [1.807, 2.05) is 21.0 Å². The molecule has 13 heavy (non-hydrogen) atoms. The number of aliphatic hydroxyl groups is 1. The number of rotatable bonds is 2. The minimum absolute atomic E-state index is 0.230. The van der Waals surface area contributed by atoms with Gasteiger partial charge in [0.2, 0.25) is 0 Å². The monoisotopic (exact) mass is 187 g/mol. The first-order valence-electron chi connectivity index (χ1n) is 4.84. The van der Waals surface area contributed by atoms with Crippen LogP contribution < -0.4 is 0 Å². The number of nitrogens with zero attached hydrogens (tertiary/aromatic N) is 3. The lowest BCUT2D eigenvalue weighted by molar-refractivity contribution is -0.134. The topological polar surface area (TPSA) is 30.0 Å². The first-order chi connectivity index (χ1) is 6.04. The molecule has 0 saturated carbocycles. The molecule has 1 aliphatic rings. The normalized spacial score (nSPS) is 29.5. The minimum atomic E-state index is -0.366. The van der Waals surface area contributed by atoms with Crippen LogP contribution in [0.3, 0.4) is 0 Å². The summed E-state index contributed by atoms with van der Waals surface area (Å²) in [5.41, 5.74) is 0. The van der Waals surface area contributed by atoms with Gasteiger partial charge in [0.1, 0.15) is 12.5 Å². The van der Waals surface area contributed by atoms with Crippen LogP contribution in [0.5, 0.6) is 0 Å². The maximum atomic E-state index is 9.59. The van der Waals surface area contributed by atoms with Gasteiger partial charge in [0.05, 0.1) is 0 Å². The van der Waals surface area contributed by atoms with E-state index >= 15 is 0 Å². The molecular weight excluding hydrogens is 166 g/mol. The Balaban J connectivity index is 2.68. The fourth-order valence-electron chi connectivity index (χ4n) is 2.06. The number of aliphatic hydroxyl groups excluding tert-OH is 1. The van der Waals surface area contributed by atoms with Crippen molar-refractivity contribution in [3.63, 3.8) is 0 Å². The third-order valence-electron chi connectivity index (χ3n) is 2.56. The molecule has 78 valence electrons. The van der Waals surface area contributed by atoms with Crippen LogP contribution in [0, 0.1) is 0 Å². The third kappa shape index (κ3) is 2.40. The Morgan fingerprint density at radius 1 is 1.38 bits per heavy atom. The Hall–Kier alpha value is -0.160. The second kappa shape index (κ2) is 4.37. The van der Waals surface area contributed by atoms with Crippen LogP contribution in [0.1, 0.15) is 13.3 Å². The summed E-state index contributed by atoms with van der Waals surface area (Å²) < 4.78 is 0. The number of hydrogen-bond acceptors (Lipinski definition) is 4. The van der Waals surface area contributed by atoms with E-state index in [9.17, 15) is 5.11 Å². The van der Waals surface area contributed by atoms with E-state index in [-0.39, 0.29) is 12.5 Å². The van der Waals surface area contributed by atoms with Gasteiger partial charge in [-0.25, -0.2) is 4.90 Å². The van der Waals surface area contributed by atoms with E-state index in [2.05, 4.69) is 21.7 Å². The Bertz CT molecular complexity index is 161. The van der Waals surface area contributed by atoms with Crippen LogP contribution in [0.25, 0.3) is 0 Å². The highest BCUT2D eigenvalue weighted by molar-refractivity contribution is 4.75. The van der Waals surface area contributed by atoms with Crippen LogP contribution >= 0.6 is 0 Å². The second-order valence-electron chi connectivity index (χ2n) is 4.01. The maximum absolute atomic E-state index is 9.59.